The molecule has 7 heteroatoms. The number of nitrogens with zero attached hydrogens (tertiary/aromatic N) is 2. The maximum Gasteiger partial charge on any atom is 0.295 e. The second kappa shape index (κ2) is 9.71. The molecule has 0 aliphatic rings. The number of ether oxygens (including phenoxy) is 3. The SMILES string of the molecule is CCNc1nc2cc(-c3ccc(C(OCC)OCC)cn3)cc(OC(C)C)c2o1. The highest BCUT2D eigenvalue weighted by Gasteiger charge is 2.17. The third kappa shape index (κ3) is 5.05. The van der Waals surface area contributed by atoms with Crippen molar-refractivity contribution < 1.29 is 18.6 Å². The van der Waals surface area contributed by atoms with Crippen molar-refractivity contribution in [2.45, 2.75) is 47.0 Å². The van der Waals surface area contributed by atoms with Crippen LogP contribution in [0.5, 0.6) is 5.75 Å². The summed E-state index contributed by atoms with van der Waals surface area (Å²) in [5.41, 5.74) is 3.95. The summed E-state index contributed by atoms with van der Waals surface area (Å²) in [4.78, 5) is 9.14. The predicted molar refractivity (Wildman–Crippen MR) is 113 cm³/mol. The molecule has 3 rings (SSSR count). The van der Waals surface area contributed by atoms with Crippen molar-refractivity contribution in [2.75, 3.05) is 25.1 Å². The number of hydrogen-bond donors (Lipinski definition) is 1. The van der Waals surface area contributed by atoms with E-state index in [9.17, 15) is 0 Å². The summed E-state index contributed by atoms with van der Waals surface area (Å²) in [7, 11) is 0. The van der Waals surface area contributed by atoms with Crippen LogP contribution in [0.1, 0.15) is 46.5 Å². The van der Waals surface area contributed by atoms with E-state index in [1.54, 1.807) is 6.20 Å². The van der Waals surface area contributed by atoms with Gasteiger partial charge in [-0.25, -0.2) is 0 Å². The number of anilines is 1. The summed E-state index contributed by atoms with van der Waals surface area (Å²) in [5.74, 6) is 0.650. The maximum atomic E-state index is 5.98. The Labute approximate surface area is 171 Å². The van der Waals surface area contributed by atoms with Gasteiger partial charge in [0.1, 0.15) is 5.52 Å². The number of benzene rings is 1. The lowest BCUT2D eigenvalue weighted by Gasteiger charge is -2.17. The quantitative estimate of drug-likeness (QED) is 0.471. The number of nitrogens with one attached hydrogen (secondary N) is 1. The molecule has 3 aromatic rings. The van der Waals surface area contributed by atoms with Gasteiger partial charge in [0.25, 0.3) is 6.01 Å². The van der Waals surface area contributed by atoms with E-state index in [1.165, 1.54) is 0 Å². The molecule has 156 valence electrons. The van der Waals surface area contributed by atoms with E-state index in [2.05, 4.69) is 15.3 Å². The summed E-state index contributed by atoms with van der Waals surface area (Å²) >= 11 is 0. The highest BCUT2D eigenvalue weighted by atomic mass is 16.7. The summed E-state index contributed by atoms with van der Waals surface area (Å²) in [5, 5.41) is 3.10. The van der Waals surface area contributed by atoms with E-state index < -0.39 is 6.29 Å². The van der Waals surface area contributed by atoms with Gasteiger partial charge in [-0.05, 0) is 52.8 Å². The molecule has 0 aliphatic heterocycles. The van der Waals surface area contributed by atoms with Gasteiger partial charge in [0.05, 0.1) is 11.8 Å². The second-order valence-electron chi connectivity index (χ2n) is 6.76. The molecule has 2 heterocycles. The fourth-order valence-electron chi connectivity index (χ4n) is 2.98. The van der Waals surface area contributed by atoms with Crippen LogP contribution in [0.3, 0.4) is 0 Å². The molecule has 2 aromatic heterocycles. The van der Waals surface area contributed by atoms with E-state index in [0.29, 0.717) is 30.6 Å². The first kappa shape index (κ1) is 21.1. The first-order valence-corrected chi connectivity index (χ1v) is 10.1. The van der Waals surface area contributed by atoms with Gasteiger partial charge < -0.3 is 23.9 Å². The van der Waals surface area contributed by atoms with Crippen molar-refractivity contribution >= 4 is 17.1 Å². The molecule has 1 aromatic carbocycles. The summed E-state index contributed by atoms with van der Waals surface area (Å²) in [6, 6.07) is 8.29. The minimum atomic E-state index is -0.410. The average molecular weight is 399 g/mol. The van der Waals surface area contributed by atoms with Crippen LogP contribution in [0.2, 0.25) is 0 Å². The lowest BCUT2D eigenvalue weighted by molar-refractivity contribution is -0.140. The molecule has 7 nitrogen and oxygen atoms in total. The van der Waals surface area contributed by atoms with Gasteiger partial charge >= 0.3 is 0 Å². The number of hydrogen-bond acceptors (Lipinski definition) is 7. The van der Waals surface area contributed by atoms with E-state index in [4.69, 9.17) is 18.6 Å². The third-order valence-electron chi connectivity index (χ3n) is 4.14. The Hall–Kier alpha value is -2.64. The van der Waals surface area contributed by atoms with E-state index >= 15 is 0 Å². The molecule has 0 fully saturated rings. The summed E-state index contributed by atoms with van der Waals surface area (Å²) in [6.45, 7) is 11.7. The Balaban J connectivity index is 1.97. The molecule has 0 saturated heterocycles. The molecule has 0 aliphatic carbocycles. The molecule has 0 amide bonds. The molecule has 0 spiro atoms. The van der Waals surface area contributed by atoms with E-state index in [1.807, 2.05) is 58.9 Å². The fourth-order valence-corrected chi connectivity index (χ4v) is 2.98. The van der Waals surface area contributed by atoms with Gasteiger partial charge in [0, 0.05) is 37.1 Å². The van der Waals surface area contributed by atoms with Crippen LogP contribution in [0.4, 0.5) is 6.01 Å². The normalized spacial score (nSPS) is 11.6. The molecule has 29 heavy (non-hydrogen) atoms. The van der Waals surface area contributed by atoms with Crippen LogP contribution in [0.15, 0.2) is 34.9 Å². The van der Waals surface area contributed by atoms with Crippen LogP contribution < -0.4 is 10.1 Å². The lowest BCUT2D eigenvalue weighted by Crippen LogP contribution is -2.09. The average Bonchev–Trinajstić information content (AvgIpc) is 3.11. The summed E-state index contributed by atoms with van der Waals surface area (Å²) in [6.07, 6.45) is 1.38. The van der Waals surface area contributed by atoms with Crippen LogP contribution >= 0.6 is 0 Å². The van der Waals surface area contributed by atoms with Crippen molar-refractivity contribution in [1.29, 1.82) is 0 Å². The van der Waals surface area contributed by atoms with Crippen molar-refractivity contribution in [2.24, 2.45) is 0 Å². The van der Waals surface area contributed by atoms with Crippen LogP contribution in [0, 0.1) is 0 Å². The van der Waals surface area contributed by atoms with Crippen LogP contribution in [0.25, 0.3) is 22.4 Å². The molecular formula is C22H29N3O4. The highest BCUT2D eigenvalue weighted by molar-refractivity contribution is 5.86. The molecular weight excluding hydrogens is 370 g/mol. The van der Waals surface area contributed by atoms with Crippen molar-refractivity contribution in [3.05, 3.63) is 36.0 Å². The molecule has 0 unspecified atom stereocenters. The zero-order valence-corrected chi connectivity index (χ0v) is 17.7. The largest absolute Gasteiger partial charge is 0.487 e. The Morgan fingerprint density at radius 2 is 1.83 bits per heavy atom. The number of oxazole rings is 1. The monoisotopic (exact) mass is 399 g/mol. The Morgan fingerprint density at radius 1 is 1.07 bits per heavy atom. The van der Waals surface area contributed by atoms with Gasteiger partial charge in [-0.3, -0.25) is 4.98 Å². The Morgan fingerprint density at radius 3 is 2.41 bits per heavy atom. The van der Waals surface area contributed by atoms with Crippen LogP contribution in [-0.2, 0) is 9.47 Å². The number of fused-ring (bicyclic) bond motifs is 1. The number of rotatable bonds is 10. The number of pyridine rings is 1. The Kier molecular flexibility index (Phi) is 7.06. The molecule has 1 N–H and O–H groups in total. The minimum Gasteiger partial charge on any atom is -0.487 e. The van der Waals surface area contributed by atoms with Crippen LogP contribution in [-0.4, -0.2) is 35.8 Å². The van der Waals surface area contributed by atoms with E-state index in [-0.39, 0.29) is 6.10 Å². The zero-order chi connectivity index (χ0) is 20.8. The van der Waals surface area contributed by atoms with Gasteiger partial charge in [-0.15, -0.1) is 0 Å². The Bertz CT molecular complexity index is 916. The van der Waals surface area contributed by atoms with Crippen molar-refractivity contribution in [3.8, 4) is 17.0 Å². The van der Waals surface area contributed by atoms with Crippen molar-refractivity contribution in [3.63, 3.8) is 0 Å². The molecule has 0 saturated carbocycles. The van der Waals surface area contributed by atoms with Gasteiger partial charge in [-0.1, -0.05) is 6.07 Å². The first-order valence-electron chi connectivity index (χ1n) is 10.1. The predicted octanol–water partition coefficient (Wildman–Crippen LogP) is 5.18. The van der Waals surface area contributed by atoms with Gasteiger partial charge in [0.15, 0.2) is 17.6 Å². The molecule has 0 radical (unpaired) electrons. The number of aromatic nitrogens is 2. The standard InChI is InChI=1S/C22H29N3O4/c1-6-23-22-25-18-11-16(12-19(20(18)29-22)28-14(4)5)17-10-9-15(13-24-17)21(26-7-2)27-8-3/h9-14,21H,6-8H2,1-5H3,(H,23,25). The highest BCUT2D eigenvalue weighted by Crippen LogP contribution is 2.34. The van der Waals surface area contributed by atoms with Gasteiger partial charge in [0.2, 0.25) is 0 Å². The van der Waals surface area contributed by atoms with E-state index in [0.717, 1.165) is 28.9 Å². The minimum absolute atomic E-state index is 0.00890. The second-order valence-corrected chi connectivity index (χ2v) is 6.76. The molecule has 0 bridgehead atoms. The molecule has 0 atom stereocenters. The first-order chi connectivity index (χ1) is 14.0. The smallest absolute Gasteiger partial charge is 0.295 e. The topological polar surface area (TPSA) is 78.6 Å². The zero-order valence-electron chi connectivity index (χ0n) is 17.7. The lowest BCUT2D eigenvalue weighted by atomic mass is 10.1. The maximum absolute atomic E-state index is 5.98. The van der Waals surface area contributed by atoms with Gasteiger partial charge in [-0.2, -0.15) is 4.98 Å². The van der Waals surface area contributed by atoms with Crippen molar-refractivity contribution in [1.82, 2.24) is 9.97 Å². The summed E-state index contributed by atoms with van der Waals surface area (Å²) < 4.78 is 23.1. The fraction of sp³-hybridized carbons (Fsp3) is 0.455. The third-order valence-corrected chi connectivity index (χ3v) is 4.14.